The molecule has 0 amide bonds. The van der Waals surface area contributed by atoms with Crippen LogP contribution in [0.5, 0.6) is 0 Å². The number of rotatable bonds is 0. The lowest BCUT2D eigenvalue weighted by atomic mass is 9.90. The van der Waals surface area contributed by atoms with Crippen molar-refractivity contribution >= 4 is 18.2 Å². The molecule has 0 aromatic carbocycles. The van der Waals surface area contributed by atoms with Crippen LogP contribution in [0.1, 0.15) is 27.7 Å². The zero-order valence-corrected chi connectivity index (χ0v) is 8.70. The smallest absolute Gasteiger partial charge is 0.288 e. The van der Waals surface area contributed by atoms with Crippen molar-refractivity contribution < 1.29 is 13.6 Å². The summed E-state index contributed by atoms with van der Waals surface area (Å²) in [6.45, 7) is 3.89. The molecule has 0 aromatic heterocycles. The SMILES string of the molecule is CC1(C)OP(=O)(Cl)OC1(C)C. The van der Waals surface area contributed by atoms with Crippen LogP contribution in [0.2, 0.25) is 0 Å². The fourth-order valence-corrected chi connectivity index (χ4v) is 3.39. The molecule has 66 valence electrons. The van der Waals surface area contributed by atoms with Crippen molar-refractivity contribution in [1.29, 1.82) is 0 Å². The summed E-state index contributed by atoms with van der Waals surface area (Å²) in [5, 5.41) is 0. The summed E-state index contributed by atoms with van der Waals surface area (Å²) in [5.41, 5.74) is -1.19. The first kappa shape index (κ1) is 9.53. The van der Waals surface area contributed by atoms with Gasteiger partial charge in [0.2, 0.25) is 0 Å². The van der Waals surface area contributed by atoms with Crippen molar-refractivity contribution in [2.24, 2.45) is 0 Å². The van der Waals surface area contributed by atoms with Gasteiger partial charge < -0.3 is 0 Å². The van der Waals surface area contributed by atoms with Crippen LogP contribution in [0.3, 0.4) is 0 Å². The largest absolute Gasteiger partial charge is 0.425 e. The van der Waals surface area contributed by atoms with E-state index in [-0.39, 0.29) is 0 Å². The molecule has 0 aliphatic carbocycles. The maximum Gasteiger partial charge on any atom is 0.425 e. The third-order valence-corrected chi connectivity index (χ3v) is 3.89. The lowest BCUT2D eigenvalue weighted by Gasteiger charge is -2.28. The lowest BCUT2D eigenvalue weighted by molar-refractivity contribution is 0.00578. The molecule has 5 heteroatoms. The number of hydrogen-bond donors (Lipinski definition) is 0. The molecular weight excluding hydrogens is 186 g/mol. The average molecular weight is 199 g/mol. The van der Waals surface area contributed by atoms with Gasteiger partial charge in [-0.3, -0.25) is 9.05 Å². The molecule has 11 heavy (non-hydrogen) atoms. The van der Waals surface area contributed by atoms with Gasteiger partial charge in [-0.05, 0) is 27.7 Å². The predicted octanol–water partition coefficient (Wildman–Crippen LogP) is 2.94. The Hall–Kier alpha value is 0.440. The van der Waals surface area contributed by atoms with E-state index in [2.05, 4.69) is 0 Å². The molecule has 1 heterocycles. The molecule has 1 aliphatic rings. The van der Waals surface area contributed by atoms with Gasteiger partial charge in [-0.15, -0.1) is 0 Å². The normalized spacial score (nSPS) is 32.1. The van der Waals surface area contributed by atoms with Crippen LogP contribution in [-0.4, -0.2) is 11.2 Å². The molecule has 0 bridgehead atoms. The topological polar surface area (TPSA) is 35.5 Å². The van der Waals surface area contributed by atoms with Crippen LogP contribution in [0.25, 0.3) is 0 Å². The van der Waals surface area contributed by atoms with E-state index in [9.17, 15) is 4.57 Å². The van der Waals surface area contributed by atoms with E-state index >= 15 is 0 Å². The highest BCUT2D eigenvalue weighted by Crippen LogP contribution is 2.67. The van der Waals surface area contributed by atoms with Gasteiger partial charge in [0.25, 0.3) is 0 Å². The van der Waals surface area contributed by atoms with E-state index in [1.165, 1.54) is 0 Å². The average Bonchev–Trinajstić information content (AvgIpc) is 1.66. The highest BCUT2D eigenvalue weighted by atomic mass is 35.7. The Kier molecular flexibility index (Phi) is 1.93. The zero-order chi connectivity index (χ0) is 8.91. The molecule has 1 saturated heterocycles. The second-order valence-corrected chi connectivity index (χ2v) is 6.10. The minimum absolute atomic E-state index is 0.593. The molecular formula is C6H12ClO3P. The highest BCUT2D eigenvalue weighted by Gasteiger charge is 2.54. The Morgan fingerprint density at radius 1 is 1.09 bits per heavy atom. The maximum absolute atomic E-state index is 11.2. The summed E-state index contributed by atoms with van der Waals surface area (Å²) in [4.78, 5) is 0. The van der Waals surface area contributed by atoms with Gasteiger partial charge in [-0.1, -0.05) is 0 Å². The molecule has 1 rings (SSSR count). The summed E-state index contributed by atoms with van der Waals surface area (Å²) < 4.78 is 21.3. The van der Waals surface area contributed by atoms with E-state index < -0.39 is 18.2 Å². The molecule has 0 N–H and O–H groups in total. The van der Waals surface area contributed by atoms with Crippen LogP contribution in [-0.2, 0) is 13.6 Å². The number of hydrogen-bond acceptors (Lipinski definition) is 3. The first-order chi connectivity index (χ1) is 4.66. The third kappa shape index (κ3) is 1.62. The Bertz CT molecular complexity index is 204. The maximum atomic E-state index is 11.2. The van der Waals surface area contributed by atoms with Gasteiger partial charge in [0.15, 0.2) is 0 Å². The summed E-state index contributed by atoms with van der Waals surface area (Å²) in [6.07, 6.45) is 0. The van der Waals surface area contributed by atoms with Crippen molar-refractivity contribution in [3.8, 4) is 0 Å². The summed E-state index contributed by atoms with van der Waals surface area (Å²) in [5.74, 6) is 0. The van der Waals surface area contributed by atoms with Crippen molar-refractivity contribution in [1.82, 2.24) is 0 Å². The molecule has 1 aliphatic heterocycles. The molecule has 0 unspecified atom stereocenters. The fraction of sp³-hybridized carbons (Fsp3) is 1.00. The molecule has 0 saturated carbocycles. The van der Waals surface area contributed by atoms with Crippen molar-refractivity contribution in [2.45, 2.75) is 38.9 Å². The van der Waals surface area contributed by atoms with Crippen LogP contribution < -0.4 is 0 Å². The minimum Gasteiger partial charge on any atom is -0.288 e. The second kappa shape index (κ2) is 2.23. The van der Waals surface area contributed by atoms with E-state index in [0.717, 1.165) is 0 Å². The van der Waals surface area contributed by atoms with E-state index in [0.29, 0.717) is 0 Å². The first-order valence-electron chi connectivity index (χ1n) is 3.38. The van der Waals surface area contributed by atoms with Gasteiger partial charge in [-0.2, -0.15) is 0 Å². The Morgan fingerprint density at radius 2 is 1.36 bits per heavy atom. The first-order valence-corrected chi connectivity index (χ1v) is 5.82. The molecule has 0 spiro atoms. The van der Waals surface area contributed by atoms with E-state index in [1.807, 2.05) is 0 Å². The zero-order valence-electron chi connectivity index (χ0n) is 7.05. The Labute approximate surface area is 71.3 Å². The Morgan fingerprint density at radius 3 is 1.45 bits per heavy atom. The standard InChI is InChI=1S/C6H12ClO3P/c1-5(2)6(3,4)10-11(7,8)9-5/h1-4H3. The lowest BCUT2D eigenvalue weighted by Crippen LogP contribution is -2.41. The van der Waals surface area contributed by atoms with E-state index in [4.69, 9.17) is 20.3 Å². The van der Waals surface area contributed by atoms with Gasteiger partial charge in [0.05, 0.1) is 0 Å². The highest BCUT2D eigenvalue weighted by molar-refractivity contribution is 7.81. The Balaban J connectivity index is 2.98. The number of halogens is 1. The molecule has 0 aromatic rings. The van der Waals surface area contributed by atoms with E-state index in [1.54, 1.807) is 27.7 Å². The summed E-state index contributed by atoms with van der Waals surface area (Å²) >= 11 is 5.45. The van der Waals surface area contributed by atoms with Crippen molar-refractivity contribution in [3.05, 3.63) is 0 Å². The molecule has 1 fully saturated rings. The van der Waals surface area contributed by atoms with Gasteiger partial charge >= 0.3 is 6.95 Å². The monoisotopic (exact) mass is 198 g/mol. The second-order valence-electron chi connectivity index (χ2n) is 3.63. The van der Waals surface area contributed by atoms with Gasteiger partial charge in [0.1, 0.15) is 11.2 Å². The minimum atomic E-state index is -3.31. The fourth-order valence-electron chi connectivity index (χ4n) is 0.784. The van der Waals surface area contributed by atoms with Crippen molar-refractivity contribution in [3.63, 3.8) is 0 Å². The quantitative estimate of drug-likeness (QED) is 0.562. The van der Waals surface area contributed by atoms with Crippen LogP contribution in [0.4, 0.5) is 0 Å². The van der Waals surface area contributed by atoms with Crippen LogP contribution in [0, 0.1) is 0 Å². The molecule has 3 nitrogen and oxygen atoms in total. The van der Waals surface area contributed by atoms with Crippen LogP contribution in [0.15, 0.2) is 0 Å². The summed E-state index contributed by atoms with van der Waals surface area (Å²) in [6, 6.07) is 0. The van der Waals surface area contributed by atoms with Gasteiger partial charge in [-0.25, -0.2) is 4.57 Å². The predicted molar refractivity (Wildman–Crippen MR) is 43.8 cm³/mol. The van der Waals surface area contributed by atoms with Crippen LogP contribution >= 0.6 is 18.2 Å². The summed E-state index contributed by atoms with van der Waals surface area (Å²) in [7, 11) is 0. The van der Waals surface area contributed by atoms with Gasteiger partial charge in [0, 0.05) is 11.2 Å². The molecule has 0 radical (unpaired) electrons. The van der Waals surface area contributed by atoms with Crippen molar-refractivity contribution in [2.75, 3.05) is 0 Å². The molecule has 0 atom stereocenters. The third-order valence-electron chi connectivity index (χ3n) is 2.12.